The molecule has 0 aromatic heterocycles. The number of carbonyl (C=O) groups is 1. The summed E-state index contributed by atoms with van der Waals surface area (Å²) >= 11 is 0. The summed E-state index contributed by atoms with van der Waals surface area (Å²) in [5.41, 5.74) is 0.433. The van der Waals surface area contributed by atoms with Crippen molar-refractivity contribution in [3.8, 4) is 0 Å². The zero-order chi connectivity index (χ0) is 9.14. The fourth-order valence-corrected chi connectivity index (χ4v) is 0.940. The summed E-state index contributed by atoms with van der Waals surface area (Å²) in [4.78, 5) is 14.9. The Kier molecular flexibility index (Phi) is 2.63. The third-order valence-corrected chi connectivity index (χ3v) is 1.91. The van der Waals surface area contributed by atoms with Gasteiger partial charge in [0.15, 0.2) is 5.78 Å². The topological polar surface area (TPSA) is 41.5 Å². The second-order valence-corrected chi connectivity index (χ2v) is 3.04. The minimum absolute atomic E-state index is 0.0307. The van der Waals surface area contributed by atoms with E-state index in [9.17, 15) is 4.79 Å². The van der Waals surface area contributed by atoms with Gasteiger partial charge in [0, 0.05) is 19.9 Å². The molecule has 0 heterocycles. The van der Waals surface area contributed by atoms with Crippen LogP contribution in [0.5, 0.6) is 0 Å². The standard InChI is InChI=1S/C9H14N2O/c1-6(7(2)12)11-9(10-3)8-4-5-8/h8H,1,4-5H2,2-3H3,(H,10,11). The van der Waals surface area contributed by atoms with E-state index in [1.165, 1.54) is 19.8 Å². The fraction of sp³-hybridized carbons (Fsp3) is 0.556. The molecule has 1 aliphatic carbocycles. The molecule has 1 N–H and O–H groups in total. The highest BCUT2D eigenvalue weighted by molar-refractivity contribution is 5.99. The lowest BCUT2D eigenvalue weighted by atomic mass is 10.3. The molecule has 0 atom stereocenters. The predicted octanol–water partition coefficient (Wildman–Crippen LogP) is 1.12. The van der Waals surface area contributed by atoms with Gasteiger partial charge in [0.05, 0.1) is 5.70 Å². The first-order chi connectivity index (χ1) is 5.65. The average Bonchev–Trinajstić information content (AvgIpc) is 2.82. The summed E-state index contributed by atoms with van der Waals surface area (Å²) in [6.45, 7) is 5.11. The molecule has 0 aromatic carbocycles. The normalized spacial score (nSPS) is 17.3. The molecule has 0 radical (unpaired) electrons. The van der Waals surface area contributed by atoms with Gasteiger partial charge in [0.2, 0.25) is 0 Å². The van der Waals surface area contributed by atoms with Crippen molar-refractivity contribution in [2.75, 3.05) is 7.05 Å². The van der Waals surface area contributed by atoms with Crippen LogP contribution in [0.1, 0.15) is 19.8 Å². The SMILES string of the molecule is C=C(NC(=NC)C1CC1)C(C)=O. The van der Waals surface area contributed by atoms with Crippen molar-refractivity contribution in [2.45, 2.75) is 19.8 Å². The van der Waals surface area contributed by atoms with E-state index < -0.39 is 0 Å². The molecule has 3 nitrogen and oxygen atoms in total. The van der Waals surface area contributed by atoms with Crippen LogP contribution in [0, 0.1) is 5.92 Å². The molecule has 1 aliphatic rings. The lowest BCUT2D eigenvalue weighted by molar-refractivity contribution is -0.113. The highest BCUT2D eigenvalue weighted by atomic mass is 16.1. The van der Waals surface area contributed by atoms with E-state index in [1.807, 2.05) is 0 Å². The van der Waals surface area contributed by atoms with Crippen LogP contribution in [0.3, 0.4) is 0 Å². The number of ketones is 1. The van der Waals surface area contributed by atoms with Crippen LogP contribution in [0.15, 0.2) is 17.3 Å². The maximum Gasteiger partial charge on any atom is 0.175 e. The van der Waals surface area contributed by atoms with Crippen molar-refractivity contribution in [1.82, 2.24) is 5.32 Å². The molecule has 0 aliphatic heterocycles. The summed E-state index contributed by atoms with van der Waals surface area (Å²) in [5.74, 6) is 1.40. The smallest absolute Gasteiger partial charge is 0.175 e. The van der Waals surface area contributed by atoms with Gasteiger partial charge in [-0.05, 0) is 12.8 Å². The van der Waals surface area contributed by atoms with E-state index in [1.54, 1.807) is 7.05 Å². The quantitative estimate of drug-likeness (QED) is 0.388. The zero-order valence-corrected chi connectivity index (χ0v) is 7.55. The van der Waals surface area contributed by atoms with Crippen LogP contribution in [0.25, 0.3) is 0 Å². The van der Waals surface area contributed by atoms with Crippen LogP contribution < -0.4 is 5.32 Å². The lowest BCUT2D eigenvalue weighted by Gasteiger charge is -2.07. The number of aliphatic imine (C=N–C) groups is 1. The molecular formula is C9H14N2O. The third kappa shape index (κ3) is 2.19. The number of Topliss-reactive ketones (excluding diaryl/α,β-unsaturated/α-hetero) is 1. The molecule has 0 amide bonds. The Morgan fingerprint density at radius 3 is 2.50 bits per heavy atom. The first-order valence-electron chi connectivity index (χ1n) is 4.08. The highest BCUT2D eigenvalue weighted by Crippen LogP contribution is 2.29. The number of amidine groups is 1. The molecule has 0 saturated heterocycles. The van der Waals surface area contributed by atoms with E-state index >= 15 is 0 Å². The number of nitrogens with zero attached hydrogens (tertiary/aromatic N) is 1. The van der Waals surface area contributed by atoms with Crippen molar-refractivity contribution in [1.29, 1.82) is 0 Å². The molecule has 0 spiro atoms. The van der Waals surface area contributed by atoms with Gasteiger partial charge >= 0.3 is 0 Å². The number of rotatable bonds is 3. The lowest BCUT2D eigenvalue weighted by Crippen LogP contribution is -2.27. The number of allylic oxidation sites excluding steroid dienone is 1. The van der Waals surface area contributed by atoms with Crippen molar-refractivity contribution in [3.63, 3.8) is 0 Å². The maximum absolute atomic E-state index is 10.8. The van der Waals surface area contributed by atoms with Gasteiger partial charge in [0.25, 0.3) is 0 Å². The summed E-state index contributed by atoms with van der Waals surface area (Å²) in [6.07, 6.45) is 2.34. The molecule has 0 unspecified atom stereocenters. The average molecular weight is 166 g/mol. The Morgan fingerprint density at radius 1 is 1.58 bits per heavy atom. The van der Waals surface area contributed by atoms with Crippen LogP contribution in [0.4, 0.5) is 0 Å². The molecule has 0 aromatic rings. The molecule has 1 fully saturated rings. The van der Waals surface area contributed by atoms with Gasteiger partial charge in [0.1, 0.15) is 5.84 Å². The number of nitrogens with one attached hydrogen (secondary N) is 1. The van der Waals surface area contributed by atoms with Crippen LogP contribution in [-0.4, -0.2) is 18.7 Å². The molecule has 3 heteroatoms. The molecule has 66 valence electrons. The van der Waals surface area contributed by atoms with E-state index in [0.717, 1.165) is 5.84 Å². The molecular weight excluding hydrogens is 152 g/mol. The van der Waals surface area contributed by atoms with Crippen molar-refractivity contribution >= 4 is 11.6 Å². The van der Waals surface area contributed by atoms with Crippen molar-refractivity contribution in [2.24, 2.45) is 10.9 Å². The predicted molar refractivity (Wildman–Crippen MR) is 49.0 cm³/mol. The summed E-state index contributed by atoms with van der Waals surface area (Å²) < 4.78 is 0. The summed E-state index contributed by atoms with van der Waals surface area (Å²) in [5, 5.41) is 2.93. The Balaban J connectivity index is 2.48. The van der Waals surface area contributed by atoms with E-state index in [4.69, 9.17) is 0 Å². The monoisotopic (exact) mass is 166 g/mol. The van der Waals surface area contributed by atoms with Crippen LogP contribution >= 0.6 is 0 Å². The van der Waals surface area contributed by atoms with E-state index in [2.05, 4.69) is 16.9 Å². The summed E-state index contributed by atoms with van der Waals surface area (Å²) in [7, 11) is 1.73. The Morgan fingerprint density at radius 2 is 2.17 bits per heavy atom. The fourth-order valence-electron chi connectivity index (χ4n) is 0.940. The number of hydrogen-bond donors (Lipinski definition) is 1. The second kappa shape index (κ2) is 3.52. The second-order valence-electron chi connectivity index (χ2n) is 3.04. The van der Waals surface area contributed by atoms with E-state index in [-0.39, 0.29) is 5.78 Å². The molecule has 1 rings (SSSR count). The molecule has 12 heavy (non-hydrogen) atoms. The Labute approximate surface area is 72.6 Å². The van der Waals surface area contributed by atoms with Gasteiger partial charge in [-0.2, -0.15) is 0 Å². The Hall–Kier alpha value is -1.12. The molecule has 0 bridgehead atoms. The zero-order valence-electron chi connectivity index (χ0n) is 7.55. The largest absolute Gasteiger partial charge is 0.341 e. The van der Waals surface area contributed by atoms with Gasteiger partial charge in [-0.25, -0.2) is 0 Å². The highest BCUT2D eigenvalue weighted by Gasteiger charge is 2.27. The van der Waals surface area contributed by atoms with Crippen LogP contribution in [0.2, 0.25) is 0 Å². The Bertz CT molecular complexity index is 239. The van der Waals surface area contributed by atoms with Crippen molar-refractivity contribution < 1.29 is 4.79 Å². The van der Waals surface area contributed by atoms with Gasteiger partial charge in [-0.3, -0.25) is 9.79 Å². The third-order valence-electron chi connectivity index (χ3n) is 1.91. The van der Waals surface area contributed by atoms with Crippen molar-refractivity contribution in [3.05, 3.63) is 12.3 Å². The van der Waals surface area contributed by atoms with E-state index in [0.29, 0.717) is 11.6 Å². The maximum atomic E-state index is 10.8. The van der Waals surface area contributed by atoms with Gasteiger partial charge < -0.3 is 5.32 Å². The first-order valence-corrected chi connectivity index (χ1v) is 4.08. The number of hydrogen-bond acceptors (Lipinski definition) is 2. The van der Waals surface area contributed by atoms with Gasteiger partial charge in [-0.15, -0.1) is 0 Å². The molecule has 1 saturated carbocycles. The van der Waals surface area contributed by atoms with Crippen LogP contribution in [-0.2, 0) is 4.79 Å². The minimum Gasteiger partial charge on any atom is -0.341 e. The summed E-state index contributed by atoms with van der Waals surface area (Å²) in [6, 6.07) is 0. The minimum atomic E-state index is -0.0307. The number of carbonyl (C=O) groups excluding carboxylic acids is 1. The van der Waals surface area contributed by atoms with Gasteiger partial charge in [-0.1, -0.05) is 6.58 Å². The first kappa shape index (κ1) is 8.97.